The lowest BCUT2D eigenvalue weighted by Gasteiger charge is -2.14. The summed E-state index contributed by atoms with van der Waals surface area (Å²) in [5, 5.41) is 11.8. The number of thiazole rings is 1. The molecule has 0 bridgehead atoms. The number of carbonyl (C=O) groups excluding carboxylic acids is 1. The molecule has 120 valence electrons. The number of aliphatic carboxylic acids is 1. The number of carboxylic acids is 1. The maximum absolute atomic E-state index is 12.4. The van der Waals surface area contributed by atoms with Gasteiger partial charge < -0.3 is 10.0 Å². The Morgan fingerprint density at radius 3 is 2.91 bits per heavy atom. The second-order valence-electron chi connectivity index (χ2n) is 5.78. The van der Waals surface area contributed by atoms with Crippen molar-refractivity contribution in [1.29, 1.82) is 0 Å². The van der Waals surface area contributed by atoms with E-state index >= 15 is 0 Å². The fourth-order valence-electron chi connectivity index (χ4n) is 2.77. The molecular formula is C16H17N3O3S. The molecule has 0 aliphatic carbocycles. The number of aromatic nitrogens is 2. The van der Waals surface area contributed by atoms with Crippen LogP contribution in [0.2, 0.25) is 0 Å². The Bertz CT molecular complexity index is 716. The molecule has 1 fully saturated rings. The molecular weight excluding hydrogens is 314 g/mol. The first kappa shape index (κ1) is 15.6. The zero-order chi connectivity index (χ0) is 16.4. The third kappa shape index (κ3) is 3.39. The molecule has 3 rings (SSSR count). The van der Waals surface area contributed by atoms with Gasteiger partial charge in [0.2, 0.25) is 5.91 Å². The van der Waals surface area contributed by atoms with Gasteiger partial charge in [-0.05, 0) is 18.1 Å². The topological polar surface area (TPSA) is 83.4 Å². The van der Waals surface area contributed by atoms with Gasteiger partial charge in [-0.15, -0.1) is 11.3 Å². The highest BCUT2D eigenvalue weighted by molar-refractivity contribution is 7.13. The molecule has 0 unspecified atom stereocenters. The molecule has 1 N–H and O–H groups in total. The molecule has 23 heavy (non-hydrogen) atoms. The molecule has 1 aliphatic heterocycles. The number of rotatable bonds is 4. The third-order valence-electron chi connectivity index (χ3n) is 4.07. The molecule has 2 aromatic heterocycles. The molecule has 2 aromatic rings. The van der Waals surface area contributed by atoms with Gasteiger partial charge in [-0.25, -0.2) is 4.98 Å². The summed E-state index contributed by atoms with van der Waals surface area (Å²) in [7, 11) is 0. The lowest BCUT2D eigenvalue weighted by Crippen LogP contribution is -2.31. The molecule has 1 amide bonds. The van der Waals surface area contributed by atoms with E-state index in [1.807, 2.05) is 24.4 Å². The van der Waals surface area contributed by atoms with Crippen LogP contribution in [0, 0.1) is 11.8 Å². The fraction of sp³-hybridized carbons (Fsp3) is 0.375. The van der Waals surface area contributed by atoms with Crippen molar-refractivity contribution in [2.45, 2.75) is 13.3 Å². The summed E-state index contributed by atoms with van der Waals surface area (Å²) in [6.45, 7) is 2.65. The second-order valence-corrected chi connectivity index (χ2v) is 6.64. The first-order valence-electron chi connectivity index (χ1n) is 7.40. The Balaban J connectivity index is 1.65. The van der Waals surface area contributed by atoms with Gasteiger partial charge in [0.25, 0.3) is 0 Å². The van der Waals surface area contributed by atoms with Crippen LogP contribution >= 0.6 is 11.3 Å². The Morgan fingerprint density at radius 1 is 1.43 bits per heavy atom. The quantitative estimate of drug-likeness (QED) is 0.925. The number of pyridine rings is 1. The summed E-state index contributed by atoms with van der Waals surface area (Å²) in [5.41, 5.74) is 1.64. The molecule has 3 heterocycles. The molecule has 1 saturated heterocycles. The minimum absolute atomic E-state index is 0.0159. The van der Waals surface area contributed by atoms with E-state index in [1.54, 1.807) is 17.3 Å². The van der Waals surface area contributed by atoms with Crippen molar-refractivity contribution >= 4 is 23.2 Å². The van der Waals surface area contributed by atoms with E-state index < -0.39 is 11.9 Å². The number of nitrogens with zero attached hydrogens (tertiary/aromatic N) is 3. The van der Waals surface area contributed by atoms with Crippen molar-refractivity contribution in [3.8, 4) is 10.6 Å². The van der Waals surface area contributed by atoms with Crippen LogP contribution in [0.5, 0.6) is 0 Å². The maximum atomic E-state index is 12.4. The molecule has 0 aromatic carbocycles. The minimum Gasteiger partial charge on any atom is -0.481 e. The van der Waals surface area contributed by atoms with E-state index in [9.17, 15) is 9.59 Å². The van der Waals surface area contributed by atoms with Crippen LogP contribution in [0.25, 0.3) is 10.6 Å². The molecule has 0 spiro atoms. The first-order chi connectivity index (χ1) is 11.0. The monoisotopic (exact) mass is 331 g/mol. The van der Waals surface area contributed by atoms with Crippen molar-refractivity contribution in [3.63, 3.8) is 0 Å². The van der Waals surface area contributed by atoms with E-state index in [4.69, 9.17) is 5.11 Å². The highest BCUT2D eigenvalue weighted by atomic mass is 32.1. The largest absolute Gasteiger partial charge is 0.481 e. The number of hydrogen-bond acceptors (Lipinski definition) is 5. The zero-order valence-corrected chi connectivity index (χ0v) is 13.5. The summed E-state index contributed by atoms with van der Waals surface area (Å²) < 4.78 is 0. The minimum atomic E-state index is -0.833. The second kappa shape index (κ2) is 6.45. The average Bonchev–Trinajstić information content (AvgIpc) is 3.15. The average molecular weight is 331 g/mol. The first-order valence-corrected chi connectivity index (χ1v) is 8.28. The summed E-state index contributed by atoms with van der Waals surface area (Å²) in [4.78, 5) is 33.7. The van der Waals surface area contributed by atoms with Crippen molar-refractivity contribution in [1.82, 2.24) is 14.9 Å². The normalized spacial score (nSPS) is 20.7. The van der Waals surface area contributed by atoms with E-state index in [-0.39, 0.29) is 24.8 Å². The number of carbonyl (C=O) groups is 2. The Morgan fingerprint density at radius 2 is 2.26 bits per heavy atom. The van der Waals surface area contributed by atoms with Crippen LogP contribution in [-0.4, -0.2) is 44.9 Å². The molecule has 1 aliphatic rings. The predicted molar refractivity (Wildman–Crippen MR) is 85.9 cm³/mol. The summed E-state index contributed by atoms with van der Waals surface area (Å²) >= 11 is 1.48. The molecule has 0 radical (unpaired) electrons. The number of hydrogen-bond donors (Lipinski definition) is 1. The number of carboxylic acid groups (broad SMARTS) is 1. The van der Waals surface area contributed by atoms with Gasteiger partial charge in [0.05, 0.1) is 18.0 Å². The van der Waals surface area contributed by atoms with E-state index in [1.165, 1.54) is 11.3 Å². The van der Waals surface area contributed by atoms with E-state index in [0.29, 0.717) is 12.2 Å². The van der Waals surface area contributed by atoms with Crippen LogP contribution < -0.4 is 0 Å². The summed E-state index contributed by atoms with van der Waals surface area (Å²) in [6, 6.07) is 3.77. The van der Waals surface area contributed by atoms with Crippen molar-refractivity contribution in [2.75, 3.05) is 13.1 Å². The molecule has 7 heteroatoms. The van der Waals surface area contributed by atoms with E-state index in [0.717, 1.165) is 10.6 Å². The van der Waals surface area contributed by atoms with Gasteiger partial charge in [-0.3, -0.25) is 14.6 Å². The van der Waals surface area contributed by atoms with Gasteiger partial charge in [0.1, 0.15) is 5.01 Å². The highest BCUT2D eigenvalue weighted by Crippen LogP contribution is 2.25. The van der Waals surface area contributed by atoms with Gasteiger partial charge in [-0.1, -0.05) is 6.92 Å². The fourth-order valence-corrected chi connectivity index (χ4v) is 3.58. The van der Waals surface area contributed by atoms with Crippen LogP contribution in [0.4, 0.5) is 0 Å². The molecule has 0 saturated carbocycles. The Hall–Kier alpha value is -2.28. The lowest BCUT2D eigenvalue weighted by molar-refractivity contribution is -0.142. The van der Waals surface area contributed by atoms with Crippen LogP contribution in [0.15, 0.2) is 29.9 Å². The van der Waals surface area contributed by atoms with Crippen molar-refractivity contribution in [3.05, 3.63) is 35.6 Å². The maximum Gasteiger partial charge on any atom is 0.308 e. The van der Waals surface area contributed by atoms with Crippen molar-refractivity contribution < 1.29 is 14.7 Å². The van der Waals surface area contributed by atoms with Gasteiger partial charge >= 0.3 is 5.97 Å². The highest BCUT2D eigenvalue weighted by Gasteiger charge is 2.36. The third-order valence-corrected chi connectivity index (χ3v) is 5.01. The SMILES string of the molecule is C[C@@H]1CN(C(=O)Cc2csc(-c3cccnc3)n2)C[C@H]1C(=O)O. The van der Waals surface area contributed by atoms with Gasteiger partial charge in [0, 0.05) is 36.4 Å². The zero-order valence-electron chi connectivity index (χ0n) is 12.7. The Labute approximate surface area is 137 Å². The van der Waals surface area contributed by atoms with Crippen LogP contribution in [-0.2, 0) is 16.0 Å². The Kier molecular flexibility index (Phi) is 4.38. The van der Waals surface area contributed by atoms with Gasteiger partial charge in [0.15, 0.2) is 0 Å². The lowest BCUT2D eigenvalue weighted by atomic mass is 9.99. The van der Waals surface area contributed by atoms with Crippen LogP contribution in [0.1, 0.15) is 12.6 Å². The van der Waals surface area contributed by atoms with Crippen molar-refractivity contribution in [2.24, 2.45) is 11.8 Å². The summed E-state index contributed by atoms with van der Waals surface area (Å²) in [6.07, 6.45) is 3.65. The standard InChI is InChI=1S/C16H17N3O3S/c1-10-7-19(8-13(10)16(21)22)14(20)5-12-9-23-15(18-12)11-3-2-4-17-6-11/h2-4,6,9-10,13H,5,7-8H2,1H3,(H,21,22)/t10-,13-/m1/s1. The summed E-state index contributed by atoms with van der Waals surface area (Å²) in [5.74, 6) is -1.39. The predicted octanol–water partition coefficient (Wildman–Crippen LogP) is 1.93. The molecule has 6 nitrogen and oxygen atoms in total. The number of amides is 1. The van der Waals surface area contributed by atoms with Gasteiger partial charge in [-0.2, -0.15) is 0 Å². The smallest absolute Gasteiger partial charge is 0.308 e. The van der Waals surface area contributed by atoms with E-state index in [2.05, 4.69) is 9.97 Å². The van der Waals surface area contributed by atoms with Crippen LogP contribution in [0.3, 0.4) is 0 Å². The number of likely N-dealkylation sites (tertiary alicyclic amines) is 1. The molecule has 2 atom stereocenters.